The molecular weight excluding hydrogens is 310 g/mol. The number of anilines is 1. The maximum absolute atomic E-state index is 12.0. The van der Waals surface area contributed by atoms with Crippen molar-refractivity contribution in [2.24, 2.45) is 0 Å². The summed E-state index contributed by atoms with van der Waals surface area (Å²) in [6.45, 7) is 3.95. The molecule has 124 valence electrons. The van der Waals surface area contributed by atoms with Crippen molar-refractivity contribution >= 4 is 11.9 Å². The van der Waals surface area contributed by atoms with Crippen LogP contribution in [0.25, 0.3) is 11.5 Å². The molecular formula is C15H17N7O2. The fourth-order valence-corrected chi connectivity index (χ4v) is 1.96. The molecule has 3 aromatic heterocycles. The van der Waals surface area contributed by atoms with Crippen LogP contribution < -0.4 is 5.32 Å². The van der Waals surface area contributed by atoms with Gasteiger partial charge in [0.1, 0.15) is 5.69 Å². The Balaban J connectivity index is 1.54. The number of pyridine rings is 1. The van der Waals surface area contributed by atoms with Crippen LogP contribution in [0.4, 0.5) is 5.95 Å². The van der Waals surface area contributed by atoms with E-state index >= 15 is 0 Å². The van der Waals surface area contributed by atoms with E-state index in [2.05, 4.69) is 35.6 Å². The molecule has 0 spiro atoms. The number of nitrogens with zero attached hydrogens (tertiary/aromatic N) is 5. The zero-order valence-electron chi connectivity index (χ0n) is 13.4. The minimum atomic E-state index is -0.219. The average molecular weight is 327 g/mol. The molecule has 0 aromatic carbocycles. The summed E-state index contributed by atoms with van der Waals surface area (Å²) in [6, 6.07) is 5.46. The van der Waals surface area contributed by atoms with Gasteiger partial charge in [0.15, 0.2) is 11.6 Å². The maximum Gasteiger partial charge on any atom is 0.228 e. The topological polar surface area (TPSA) is 122 Å². The van der Waals surface area contributed by atoms with Crippen molar-refractivity contribution in [3.05, 3.63) is 36.1 Å². The number of carbonyl (C=O) groups excluding carboxylic acids is 1. The lowest BCUT2D eigenvalue weighted by atomic mass is 10.2. The molecule has 0 atom stereocenters. The largest absolute Gasteiger partial charge is 0.339 e. The number of rotatable bonds is 6. The van der Waals surface area contributed by atoms with Crippen LogP contribution in [-0.2, 0) is 11.2 Å². The van der Waals surface area contributed by atoms with Gasteiger partial charge < -0.3 is 9.51 Å². The second kappa shape index (κ2) is 6.99. The minimum Gasteiger partial charge on any atom is -0.339 e. The fourth-order valence-electron chi connectivity index (χ4n) is 1.96. The average Bonchev–Trinajstić information content (AvgIpc) is 3.23. The SMILES string of the molecule is CC(C)c1noc(CCC(=O)Nc2nnc(-c3ccccn3)[nH]2)n1. The van der Waals surface area contributed by atoms with Gasteiger partial charge in [-0.2, -0.15) is 4.98 Å². The molecule has 0 radical (unpaired) electrons. The quantitative estimate of drug-likeness (QED) is 0.709. The van der Waals surface area contributed by atoms with Crippen molar-refractivity contribution in [2.75, 3.05) is 5.32 Å². The van der Waals surface area contributed by atoms with Crippen molar-refractivity contribution in [1.82, 2.24) is 30.3 Å². The van der Waals surface area contributed by atoms with Crippen LogP contribution in [0, 0.1) is 0 Å². The number of hydrogen-bond acceptors (Lipinski definition) is 7. The zero-order valence-corrected chi connectivity index (χ0v) is 13.4. The molecule has 0 unspecified atom stereocenters. The Morgan fingerprint density at radius 3 is 2.92 bits per heavy atom. The Hall–Kier alpha value is -3.10. The summed E-state index contributed by atoms with van der Waals surface area (Å²) in [5.41, 5.74) is 0.651. The van der Waals surface area contributed by atoms with E-state index < -0.39 is 0 Å². The third-order valence-electron chi connectivity index (χ3n) is 3.22. The van der Waals surface area contributed by atoms with Gasteiger partial charge in [0, 0.05) is 25.0 Å². The van der Waals surface area contributed by atoms with E-state index in [1.54, 1.807) is 12.3 Å². The summed E-state index contributed by atoms with van der Waals surface area (Å²) in [5.74, 6) is 1.82. The molecule has 24 heavy (non-hydrogen) atoms. The van der Waals surface area contributed by atoms with E-state index in [1.165, 1.54) is 0 Å². The zero-order chi connectivity index (χ0) is 16.9. The van der Waals surface area contributed by atoms with Gasteiger partial charge in [-0.15, -0.1) is 10.2 Å². The number of hydrogen-bond donors (Lipinski definition) is 2. The molecule has 1 amide bonds. The lowest BCUT2D eigenvalue weighted by Gasteiger charge is -1.99. The third-order valence-corrected chi connectivity index (χ3v) is 3.22. The van der Waals surface area contributed by atoms with Gasteiger partial charge in [-0.3, -0.25) is 15.1 Å². The standard InChI is InChI=1S/C15H17N7O2/c1-9(2)13-18-12(24-22-13)7-6-11(23)17-15-19-14(20-21-15)10-5-3-4-8-16-10/h3-5,8-9H,6-7H2,1-2H3,(H2,17,19,20,21,23). The highest BCUT2D eigenvalue weighted by molar-refractivity contribution is 5.89. The van der Waals surface area contributed by atoms with Gasteiger partial charge in [0.25, 0.3) is 0 Å². The molecule has 3 rings (SSSR count). The van der Waals surface area contributed by atoms with Crippen molar-refractivity contribution < 1.29 is 9.32 Å². The van der Waals surface area contributed by atoms with E-state index in [-0.39, 0.29) is 24.2 Å². The van der Waals surface area contributed by atoms with Gasteiger partial charge in [0.05, 0.1) is 0 Å². The molecule has 3 heterocycles. The van der Waals surface area contributed by atoms with E-state index in [0.29, 0.717) is 29.7 Å². The van der Waals surface area contributed by atoms with Crippen molar-refractivity contribution in [3.8, 4) is 11.5 Å². The van der Waals surface area contributed by atoms with Crippen LogP contribution in [0.3, 0.4) is 0 Å². The Bertz CT molecular complexity index is 810. The Kier molecular flexibility index (Phi) is 4.59. The summed E-state index contributed by atoms with van der Waals surface area (Å²) >= 11 is 0. The summed E-state index contributed by atoms with van der Waals surface area (Å²) in [5, 5.41) is 14.4. The molecule has 2 N–H and O–H groups in total. The highest BCUT2D eigenvalue weighted by Crippen LogP contribution is 2.13. The second-order valence-electron chi connectivity index (χ2n) is 5.49. The number of nitrogens with one attached hydrogen (secondary N) is 2. The predicted molar refractivity (Wildman–Crippen MR) is 85.0 cm³/mol. The number of aromatic nitrogens is 6. The molecule has 0 aliphatic rings. The van der Waals surface area contributed by atoms with Crippen LogP contribution in [-0.4, -0.2) is 36.2 Å². The van der Waals surface area contributed by atoms with Crippen molar-refractivity contribution in [1.29, 1.82) is 0 Å². The van der Waals surface area contributed by atoms with Gasteiger partial charge in [-0.05, 0) is 12.1 Å². The van der Waals surface area contributed by atoms with Gasteiger partial charge in [-0.25, -0.2) is 0 Å². The smallest absolute Gasteiger partial charge is 0.228 e. The van der Waals surface area contributed by atoms with Crippen LogP contribution >= 0.6 is 0 Å². The molecule has 0 aliphatic carbocycles. The number of amides is 1. The predicted octanol–water partition coefficient (Wildman–Crippen LogP) is 1.94. The number of carbonyl (C=O) groups is 1. The number of aryl methyl sites for hydroxylation is 1. The van der Waals surface area contributed by atoms with Crippen LogP contribution in [0.2, 0.25) is 0 Å². The van der Waals surface area contributed by atoms with E-state index in [9.17, 15) is 4.79 Å². The van der Waals surface area contributed by atoms with Crippen molar-refractivity contribution in [3.63, 3.8) is 0 Å². The van der Waals surface area contributed by atoms with E-state index in [1.807, 2.05) is 26.0 Å². The summed E-state index contributed by atoms with van der Waals surface area (Å²) in [7, 11) is 0. The summed E-state index contributed by atoms with van der Waals surface area (Å²) in [6.07, 6.45) is 2.23. The molecule has 0 aliphatic heterocycles. The normalized spacial score (nSPS) is 11.0. The molecule has 0 fully saturated rings. The first kappa shape index (κ1) is 15.8. The van der Waals surface area contributed by atoms with E-state index in [4.69, 9.17) is 4.52 Å². The van der Waals surface area contributed by atoms with Gasteiger partial charge in [-0.1, -0.05) is 25.1 Å². The monoisotopic (exact) mass is 327 g/mol. The molecule has 3 aromatic rings. The summed E-state index contributed by atoms with van der Waals surface area (Å²) < 4.78 is 5.10. The Morgan fingerprint density at radius 2 is 2.21 bits per heavy atom. The summed E-state index contributed by atoms with van der Waals surface area (Å²) in [4.78, 5) is 23.3. The van der Waals surface area contributed by atoms with Gasteiger partial charge in [0.2, 0.25) is 17.7 Å². The van der Waals surface area contributed by atoms with E-state index in [0.717, 1.165) is 0 Å². The maximum atomic E-state index is 12.0. The highest BCUT2D eigenvalue weighted by atomic mass is 16.5. The molecule has 0 saturated heterocycles. The van der Waals surface area contributed by atoms with Crippen LogP contribution in [0.15, 0.2) is 28.9 Å². The number of H-pyrrole nitrogens is 1. The van der Waals surface area contributed by atoms with Crippen molar-refractivity contribution in [2.45, 2.75) is 32.6 Å². The first-order chi connectivity index (χ1) is 11.6. The first-order valence-corrected chi connectivity index (χ1v) is 7.58. The fraction of sp³-hybridized carbons (Fsp3) is 0.333. The number of aromatic amines is 1. The molecule has 9 nitrogen and oxygen atoms in total. The highest BCUT2D eigenvalue weighted by Gasteiger charge is 2.13. The first-order valence-electron chi connectivity index (χ1n) is 7.58. The lowest BCUT2D eigenvalue weighted by Crippen LogP contribution is -2.13. The minimum absolute atomic E-state index is 0.190. The third kappa shape index (κ3) is 3.80. The second-order valence-corrected chi connectivity index (χ2v) is 5.49. The molecule has 9 heteroatoms. The molecule has 0 saturated carbocycles. The molecule has 0 bridgehead atoms. The van der Waals surface area contributed by atoms with Gasteiger partial charge >= 0.3 is 0 Å². The Labute approximate surface area is 137 Å². The lowest BCUT2D eigenvalue weighted by molar-refractivity contribution is -0.116. The Morgan fingerprint density at radius 1 is 1.33 bits per heavy atom. The van der Waals surface area contributed by atoms with Crippen LogP contribution in [0.1, 0.15) is 37.9 Å². The van der Waals surface area contributed by atoms with Crippen LogP contribution in [0.5, 0.6) is 0 Å².